The van der Waals surface area contributed by atoms with Crippen LogP contribution in [0.3, 0.4) is 0 Å². The van der Waals surface area contributed by atoms with E-state index in [2.05, 4.69) is 33.9 Å². The molecule has 0 atom stereocenters. The highest BCUT2D eigenvalue weighted by atomic mass is 79.9. The lowest BCUT2D eigenvalue weighted by atomic mass is 10.0. The van der Waals surface area contributed by atoms with Gasteiger partial charge in [0.05, 0.1) is 0 Å². The monoisotopic (exact) mass is 279 g/mol. The summed E-state index contributed by atoms with van der Waals surface area (Å²) in [4.78, 5) is 14.4. The molecule has 1 aromatic carbocycles. The fraction of sp³-hybridized carbons (Fsp3) is 0.308. The summed E-state index contributed by atoms with van der Waals surface area (Å²) in [5.74, 6) is 0. The van der Waals surface area contributed by atoms with E-state index < -0.39 is 0 Å². The molecule has 0 bridgehead atoms. The van der Waals surface area contributed by atoms with E-state index in [1.54, 1.807) is 6.07 Å². The Morgan fingerprint density at radius 3 is 2.69 bits per heavy atom. The number of alkyl halides is 1. The second-order valence-electron chi connectivity index (χ2n) is 4.10. The molecular formula is C13H14BrNO. The second kappa shape index (κ2) is 4.42. The van der Waals surface area contributed by atoms with Gasteiger partial charge in [0.1, 0.15) is 0 Å². The number of hydrogen-bond acceptors (Lipinski definition) is 1. The minimum absolute atomic E-state index is 0.0200. The highest BCUT2D eigenvalue weighted by molar-refractivity contribution is 9.09. The van der Waals surface area contributed by atoms with Gasteiger partial charge in [-0.1, -0.05) is 22.0 Å². The molecule has 0 aliphatic heterocycles. The SMILES string of the molecule is Cc1cc(C)c2c(CCBr)cc(=O)[nH]c2c1. The van der Waals surface area contributed by atoms with Crippen LogP contribution in [0.25, 0.3) is 10.9 Å². The summed E-state index contributed by atoms with van der Waals surface area (Å²) >= 11 is 3.42. The van der Waals surface area contributed by atoms with Crippen LogP contribution in [0.5, 0.6) is 0 Å². The van der Waals surface area contributed by atoms with Crippen molar-refractivity contribution in [1.82, 2.24) is 4.98 Å². The molecule has 3 heteroatoms. The van der Waals surface area contributed by atoms with Crippen LogP contribution < -0.4 is 5.56 Å². The van der Waals surface area contributed by atoms with Crippen LogP contribution in [0.15, 0.2) is 23.0 Å². The number of halogens is 1. The van der Waals surface area contributed by atoms with Crippen molar-refractivity contribution < 1.29 is 0 Å². The minimum Gasteiger partial charge on any atom is -0.322 e. The average Bonchev–Trinajstić information content (AvgIpc) is 2.15. The summed E-state index contributed by atoms with van der Waals surface area (Å²) in [7, 11) is 0. The summed E-state index contributed by atoms with van der Waals surface area (Å²) in [5, 5.41) is 2.06. The maximum atomic E-state index is 11.5. The van der Waals surface area contributed by atoms with Crippen LogP contribution in [-0.2, 0) is 6.42 Å². The molecule has 0 radical (unpaired) electrons. The molecule has 1 heterocycles. The molecule has 2 nitrogen and oxygen atoms in total. The molecule has 0 aliphatic rings. The topological polar surface area (TPSA) is 32.9 Å². The maximum Gasteiger partial charge on any atom is 0.248 e. The van der Waals surface area contributed by atoms with E-state index in [4.69, 9.17) is 0 Å². The zero-order chi connectivity index (χ0) is 11.7. The van der Waals surface area contributed by atoms with Crippen molar-refractivity contribution in [3.05, 3.63) is 45.2 Å². The van der Waals surface area contributed by atoms with E-state index in [0.29, 0.717) is 0 Å². The Kier molecular flexibility index (Phi) is 3.15. The Bertz CT molecular complexity index is 586. The molecule has 84 valence electrons. The smallest absolute Gasteiger partial charge is 0.248 e. The Hall–Kier alpha value is -1.09. The molecule has 1 N–H and O–H groups in total. The third kappa shape index (κ3) is 2.05. The van der Waals surface area contributed by atoms with E-state index in [9.17, 15) is 4.79 Å². The Morgan fingerprint density at radius 2 is 2.00 bits per heavy atom. The van der Waals surface area contributed by atoms with Crippen LogP contribution in [0.4, 0.5) is 0 Å². The molecule has 1 aromatic heterocycles. The number of rotatable bonds is 2. The molecule has 2 aromatic rings. The first-order chi connectivity index (χ1) is 7.61. The lowest BCUT2D eigenvalue weighted by Crippen LogP contribution is -2.08. The van der Waals surface area contributed by atoms with Gasteiger partial charge in [0.2, 0.25) is 5.56 Å². The lowest BCUT2D eigenvalue weighted by Gasteiger charge is -2.09. The lowest BCUT2D eigenvalue weighted by molar-refractivity contribution is 1.15. The van der Waals surface area contributed by atoms with E-state index in [0.717, 1.165) is 22.8 Å². The van der Waals surface area contributed by atoms with Gasteiger partial charge in [-0.05, 0) is 43.0 Å². The Morgan fingerprint density at radius 1 is 1.25 bits per heavy atom. The fourth-order valence-electron chi connectivity index (χ4n) is 2.19. The standard InChI is InChI=1S/C13H14BrNO/c1-8-5-9(2)13-10(3-4-14)7-12(16)15-11(13)6-8/h5-7H,3-4H2,1-2H3,(H,15,16). The van der Waals surface area contributed by atoms with Crippen molar-refractivity contribution in [3.8, 4) is 0 Å². The zero-order valence-corrected chi connectivity index (χ0v) is 11.0. The van der Waals surface area contributed by atoms with Gasteiger partial charge in [0, 0.05) is 22.3 Å². The van der Waals surface area contributed by atoms with Crippen LogP contribution >= 0.6 is 15.9 Å². The Balaban J connectivity index is 2.84. The molecule has 2 rings (SSSR count). The fourth-order valence-corrected chi connectivity index (χ4v) is 2.62. The van der Waals surface area contributed by atoms with Gasteiger partial charge in [-0.15, -0.1) is 0 Å². The van der Waals surface area contributed by atoms with Crippen molar-refractivity contribution in [2.45, 2.75) is 20.3 Å². The molecule has 0 saturated carbocycles. The van der Waals surface area contributed by atoms with Gasteiger partial charge in [0.25, 0.3) is 0 Å². The minimum atomic E-state index is -0.0200. The maximum absolute atomic E-state index is 11.5. The number of aromatic nitrogens is 1. The van der Waals surface area contributed by atoms with E-state index in [1.165, 1.54) is 16.5 Å². The first-order valence-electron chi connectivity index (χ1n) is 5.31. The van der Waals surface area contributed by atoms with Crippen molar-refractivity contribution >= 4 is 26.8 Å². The third-order valence-electron chi connectivity index (χ3n) is 2.73. The van der Waals surface area contributed by atoms with Crippen molar-refractivity contribution in [2.75, 3.05) is 5.33 Å². The molecule has 0 saturated heterocycles. The quantitative estimate of drug-likeness (QED) is 0.842. The predicted molar refractivity (Wildman–Crippen MR) is 71.5 cm³/mol. The van der Waals surface area contributed by atoms with Gasteiger partial charge in [-0.3, -0.25) is 4.79 Å². The highest BCUT2D eigenvalue weighted by Gasteiger charge is 2.06. The largest absolute Gasteiger partial charge is 0.322 e. The number of pyridine rings is 1. The van der Waals surface area contributed by atoms with Gasteiger partial charge >= 0.3 is 0 Å². The van der Waals surface area contributed by atoms with E-state index in [-0.39, 0.29) is 5.56 Å². The molecule has 16 heavy (non-hydrogen) atoms. The number of H-pyrrole nitrogens is 1. The number of hydrogen-bond donors (Lipinski definition) is 1. The van der Waals surface area contributed by atoms with Crippen LogP contribution in [0.2, 0.25) is 0 Å². The number of nitrogens with one attached hydrogen (secondary N) is 1. The van der Waals surface area contributed by atoms with Gasteiger partial charge in [-0.2, -0.15) is 0 Å². The first-order valence-corrected chi connectivity index (χ1v) is 6.43. The highest BCUT2D eigenvalue weighted by Crippen LogP contribution is 2.22. The summed E-state index contributed by atoms with van der Waals surface area (Å²) in [6.07, 6.45) is 0.879. The number of fused-ring (bicyclic) bond motifs is 1. The predicted octanol–water partition coefficient (Wildman–Crippen LogP) is 3.08. The molecule has 0 unspecified atom stereocenters. The number of aromatic amines is 1. The third-order valence-corrected chi connectivity index (χ3v) is 3.12. The van der Waals surface area contributed by atoms with E-state index in [1.807, 2.05) is 13.0 Å². The Labute approximate surface area is 103 Å². The number of benzene rings is 1. The van der Waals surface area contributed by atoms with Crippen molar-refractivity contribution in [1.29, 1.82) is 0 Å². The number of aryl methyl sites for hydroxylation is 3. The van der Waals surface area contributed by atoms with Crippen LogP contribution in [0, 0.1) is 13.8 Å². The summed E-state index contributed by atoms with van der Waals surface area (Å²) in [6.45, 7) is 4.13. The van der Waals surface area contributed by atoms with Crippen molar-refractivity contribution in [3.63, 3.8) is 0 Å². The van der Waals surface area contributed by atoms with Gasteiger partial charge in [0.15, 0.2) is 0 Å². The summed E-state index contributed by atoms with van der Waals surface area (Å²) < 4.78 is 0. The molecular weight excluding hydrogens is 266 g/mol. The molecule has 0 aliphatic carbocycles. The average molecular weight is 280 g/mol. The normalized spacial score (nSPS) is 10.9. The summed E-state index contributed by atoms with van der Waals surface area (Å²) in [5.41, 5.74) is 4.45. The molecule has 0 spiro atoms. The summed E-state index contributed by atoms with van der Waals surface area (Å²) in [6, 6.07) is 5.88. The first kappa shape index (κ1) is 11.4. The van der Waals surface area contributed by atoms with Crippen LogP contribution in [-0.4, -0.2) is 10.3 Å². The van der Waals surface area contributed by atoms with E-state index >= 15 is 0 Å². The van der Waals surface area contributed by atoms with Gasteiger partial charge in [-0.25, -0.2) is 0 Å². The zero-order valence-electron chi connectivity index (χ0n) is 9.43. The molecule has 0 amide bonds. The molecule has 0 fully saturated rings. The van der Waals surface area contributed by atoms with Crippen LogP contribution in [0.1, 0.15) is 16.7 Å². The van der Waals surface area contributed by atoms with Gasteiger partial charge < -0.3 is 4.98 Å². The van der Waals surface area contributed by atoms with Crippen molar-refractivity contribution in [2.24, 2.45) is 0 Å². The second-order valence-corrected chi connectivity index (χ2v) is 4.90.